The molecule has 0 bridgehead atoms. The van der Waals surface area contributed by atoms with Crippen LogP contribution in [0.5, 0.6) is 11.5 Å². The predicted molar refractivity (Wildman–Crippen MR) is 67.9 cm³/mol. The van der Waals surface area contributed by atoms with Crippen LogP contribution in [0.3, 0.4) is 0 Å². The van der Waals surface area contributed by atoms with Crippen LogP contribution in [0.1, 0.15) is 0 Å². The van der Waals surface area contributed by atoms with Crippen molar-refractivity contribution in [2.24, 2.45) is 0 Å². The second-order valence-electron chi connectivity index (χ2n) is 3.19. The Labute approximate surface area is 109 Å². The minimum absolute atomic E-state index is 0.269. The van der Waals surface area contributed by atoms with E-state index >= 15 is 0 Å². The number of aliphatic hydroxyl groups excluding tert-OH is 1. The zero-order valence-electron chi connectivity index (χ0n) is 9.32. The minimum Gasteiger partial charge on any atom is -0.508 e. The van der Waals surface area contributed by atoms with E-state index in [4.69, 9.17) is 20.6 Å². The molecule has 5 heteroatoms. The molecule has 0 radical (unpaired) electrons. The van der Waals surface area contributed by atoms with E-state index in [2.05, 4.69) is 0 Å². The van der Waals surface area contributed by atoms with Crippen molar-refractivity contribution >= 4 is 11.8 Å². The highest BCUT2D eigenvalue weighted by Crippen LogP contribution is 2.29. The minimum atomic E-state index is 0.269. The van der Waals surface area contributed by atoms with Crippen LogP contribution in [0.25, 0.3) is 0 Å². The first-order chi connectivity index (χ1) is 8.65. The quantitative estimate of drug-likeness (QED) is 0.723. The van der Waals surface area contributed by atoms with Gasteiger partial charge in [0.25, 0.3) is 6.26 Å². The first-order valence-corrected chi connectivity index (χ1v) is 5.76. The monoisotopic (exact) mass is 261 g/mol. The maximum Gasteiger partial charge on any atom is 0.283 e. The number of aromatic hydroxyl groups is 2. The standard InChI is InChI=1S/C12H10O2S.CHNO/c13-9-1-5-11(6-2-9)15-12-7-3-10(14)4-8-12;2-1-3/h1-8,13-14H;3H. The molecule has 0 aromatic heterocycles. The summed E-state index contributed by atoms with van der Waals surface area (Å²) in [4.78, 5) is 2.11. The Morgan fingerprint density at radius 1 is 0.778 bits per heavy atom. The molecule has 0 aliphatic rings. The Bertz CT molecular complexity index is 474. The molecule has 0 saturated carbocycles. The van der Waals surface area contributed by atoms with Crippen LogP contribution in [-0.2, 0) is 0 Å². The van der Waals surface area contributed by atoms with Crippen molar-refractivity contribution in [2.45, 2.75) is 9.79 Å². The normalized spacial score (nSPS) is 8.83. The molecule has 3 N–H and O–H groups in total. The van der Waals surface area contributed by atoms with Crippen LogP contribution in [0.15, 0.2) is 58.3 Å². The summed E-state index contributed by atoms with van der Waals surface area (Å²) in [5, 5.41) is 32.0. The average molecular weight is 261 g/mol. The lowest BCUT2D eigenvalue weighted by Crippen LogP contribution is -1.73. The first kappa shape index (κ1) is 13.7. The van der Waals surface area contributed by atoms with Gasteiger partial charge in [-0.05, 0) is 48.5 Å². The second-order valence-corrected chi connectivity index (χ2v) is 4.34. The first-order valence-electron chi connectivity index (χ1n) is 4.95. The van der Waals surface area contributed by atoms with E-state index in [1.54, 1.807) is 36.0 Å². The maximum atomic E-state index is 9.12. The third-order valence-electron chi connectivity index (χ3n) is 1.91. The third kappa shape index (κ3) is 4.68. The number of rotatable bonds is 2. The van der Waals surface area contributed by atoms with Crippen molar-refractivity contribution in [3.63, 3.8) is 0 Å². The highest BCUT2D eigenvalue weighted by Gasteiger charge is 1.97. The topological polar surface area (TPSA) is 84.5 Å². The molecule has 0 spiro atoms. The van der Waals surface area contributed by atoms with Gasteiger partial charge in [-0.15, -0.1) is 0 Å². The predicted octanol–water partition coefficient (Wildman–Crippen LogP) is 3.09. The lowest BCUT2D eigenvalue weighted by Gasteiger charge is -2.01. The molecule has 18 heavy (non-hydrogen) atoms. The van der Waals surface area contributed by atoms with Crippen molar-refractivity contribution in [3.8, 4) is 17.8 Å². The van der Waals surface area contributed by atoms with Gasteiger partial charge >= 0.3 is 0 Å². The Morgan fingerprint density at radius 2 is 1.06 bits per heavy atom. The molecule has 4 nitrogen and oxygen atoms in total. The summed E-state index contributed by atoms with van der Waals surface area (Å²) in [5.41, 5.74) is 0. The molecule has 0 aliphatic heterocycles. The van der Waals surface area contributed by atoms with Crippen LogP contribution >= 0.6 is 11.8 Å². The molecule has 0 fully saturated rings. The second kappa shape index (κ2) is 7.09. The number of aliphatic hydroxyl groups is 1. The summed E-state index contributed by atoms with van der Waals surface area (Å²) in [6.07, 6.45) is 0.750. The van der Waals surface area contributed by atoms with Crippen LogP contribution < -0.4 is 0 Å². The van der Waals surface area contributed by atoms with E-state index in [1.807, 2.05) is 24.3 Å². The average Bonchev–Trinajstić information content (AvgIpc) is 2.36. The Balaban J connectivity index is 0.000000492. The maximum absolute atomic E-state index is 9.12. The van der Waals surface area contributed by atoms with Gasteiger partial charge in [-0.25, -0.2) is 0 Å². The molecular weight excluding hydrogens is 250 g/mol. The van der Waals surface area contributed by atoms with Gasteiger partial charge in [0, 0.05) is 9.79 Å². The fourth-order valence-electron chi connectivity index (χ4n) is 1.16. The van der Waals surface area contributed by atoms with E-state index in [-0.39, 0.29) is 11.5 Å². The van der Waals surface area contributed by atoms with Crippen molar-refractivity contribution in [1.29, 1.82) is 5.26 Å². The molecule has 0 atom stereocenters. The van der Waals surface area contributed by atoms with Crippen molar-refractivity contribution in [1.82, 2.24) is 0 Å². The fourth-order valence-corrected chi connectivity index (χ4v) is 1.98. The SMILES string of the molecule is N#CO.Oc1ccc(Sc2ccc(O)cc2)cc1. The van der Waals surface area contributed by atoms with Crippen LogP contribution in [-0.4, -0.2) is 15.3 Å². The van der Waals surface area contributed by atoms with Crippen LogP contribution in [0, 0.1) is 11.5 Å². The Kier molecular flexibility index (Phi) is 5.42. The van der Waals surface area contributed by atoms with Gasteiger partial charge in [-0.1, -0.05) is 11.8 Å². The molecule has 0 amide bonds. The number of nitrogens with zero attached hydrogens (tertiary/aromatic N) is 1. The molecule has 92 valence electrons. The van der Waals surface area contributed by atoms with Crippen LogP contribution in [0.2, 0.25) is 0 Å². The van der Waals surface area contributed by atoms with Crippen molar-refractivity contribution in [2.75, 3.05) is 0 Å². The molecule has 0 heterocycles. The molecule has 0 unspecified atom stereocenters. The Hall–Kier alpha value is -2.32. The largest absolute Gasteiger partial charge is 0.508 e. The lowest BCUT2D eigenvalue weighted by molar-refractivity contribution is 0.474. The fraction of sp³-hybridized carbons (Fsp3) is 0. The number of hydrogen-bond donors (Lipinski definition) is 3. The third-order valence-corrected chi connectivity index (χ3v) is 2.92. The number of phenolic OH excluding ortho intramolecular Hbond substituents is 2. The van der Waals surface area contributed by atoms with Gasteiger partial charge in [0.2, 0.25) is 0 Å². The highest BCUT2D eigenvalue weighted by atomic mass is 32.2. The zero-order chi connectivity index (χ0) is 13.4. The summed E-state index contributed by atoms with van der Waals surface area (Å²) >= 11 is 1.58. The molecule has 2 aromatic carbocycles. The van der Waals surface area contributed by atoms with Gasteiger partial charge in [-0.3, -0.25) is 0 Å². The molecule has 2 aromatic rings. The number of nitriles is 1. The van der Waals surface area contributed by atoms with E-state index in [1.165, 1.54) is 0 Å². The van der Waals surface area contributed by atoms with Crippen molar-refractivity contribution in [3.05, 3.63) is 48.5 Å². The summed E-state index contributed by atoms with van der Waals surface area (Å²) in [6.45, 7) is 0. The molecular formula is C13H11NO3S. The smallest absolute Gasteiger partial charge is 0.283 e. The molecule has 0 saturated heterocycles. The van der Waals surface area contributed by atoms with E-state index in [9.17, 15) is 0 Å². The Morgan fingerprint density at radius 3 is 1.33 bits per heavy atom. The molecule has 2 rings (SSSR count). The van der Waals surface area contributed by atoms with Gasteiger partial charge in [0.1, 0.15) is 11.5 Å². The van der Waals surface area contributed by atoms with Crippen LogP contribution in [0.4, 0.5) is 0 Å². The summed E-state index contributed by atoms with van der Waals surface area (Å²) in [6, 6.07) is 14.0. The van der Waals surface area contributed by atoms with E-state index in [0.717, 1.165) is 16.0 Å². The van der Waals surface area contributed by atoms with Gasteiger partial charge in [0.05, 0.1) is 0 Å². The van der Waals surface area contributed by atoms with Crippen molar-refractivity contribution < 1.29 is 15.3 Å². The van der Waals surface area contributed by atoms with Gasteiger partial charge in [-0.2, -0.15) is 5.26 Å². The van der Waals surface area contributed by atoms with E-state index < -0.39 is 0 Å². The summed E-state index contributed by atoms with van der Waals surface area (Å²) in [7, 11) is 0. The highest BCUT2D eigenvalue weighted by molar-refractivity contribution is 7.99. The van der Waals surface area contributed by atoms with Gasteiger partial charge < -0.3 is 15.3 Å². The van der Waals surface area contributed by atoms with E-state index in [0.29, 0.717) is 0 Å². The van der Waals surface area contributed by atoms with Gasteiger partial charge in [0.15, 0.2) is 0 Å². The number of benzene rings is 2. The summed E-state index contributed by atoms with van der Waals surface area (Å²) < 4.78 is 0. The summed E-state index contributed by atoms with van der Waals surface area (Å²) in [5.74, 6) is 0.537. The lowest BCUT2D eigenvalue weighted by atomic mass is 10.3. The zero-order valence-corrected chi connectivity index (χ0v) is 10.1. The number of phenols is 2. The molecule has 0 aliphatic carbocycles. The number of hydrogen-bond acceptors (Lipinski definition) is 5.